The lowest BCUT2D eigenvalue weighted by molar-refractivity contribution is -0.138. The predicted molar refractivity (Wildman–Crippen MR) is 60.9 cm³/mol. The Labute approximate surface area is 101 Å². The van der Waals surface area contributed by atoms with Gasteiger partial charge >= 0.3 is 6.18 Å². The van der Waals surface area contributed by atoms with Crippen molar-refractivity contribution in [2.45, 2.75) is 44.3 Å². The van der Waals surface area contributed by atoms with E-state index in [1.165, 1.54) is 0 Å². The zero-order chi connectivity index (χ0) is 12.3. The lowest BCUT2D eigenvalue weighted by atomic mass is 9.97. The van der Waals surface area contributed by atoms with Crippen LogP contribution in [0.1, 0.15) is 32.1 Å². The van der Waals surface area contributed by atoms with E-state index < -0.39 is 12.6 Å². The monoisotopic (exact) mass is 250 g/mol. The summed E-state index contributed by atoms with van der Waals surface area (Å²) in [7, 11) is 0. The Morgan fingerprint density at radius 2 is 1.71 bits per heavy atom. The molecule has 2 nitrogen and oxygen atoms in total. The van der Waals surface area contributed by atoms with Gasteiger partial charge in [0.1, 0.15) is 0 Å². The van der Waals surface area contributed by atoms with Crippen LogP contribution in [-0.4, -0.2) is 43.3 Å². The van der Waals surface area contributed by atoms with E-state index in [1.807, 2.05) is 0 Å². The molecule has 2 fully saturated rings. The van der Waals surface area contributed by atoms with Crippen molar-refractivity contribution >= 4 is 0 Å². The van der Waals surface area contributed by atoms with Gasteiger partial charge in [-0.05, 0) is 44.7 Å². The summed E-state index contributed by atoms with van der Waals surface area (Å²) in [4.78, 5) is 2.07. The van der Waals surface area contributed by atoms with Crippen LogP contribution < -0.4 is 5.32 Å². The van der Waals surface area contributed by atoms with E-state index in [9.17, 15) is 13.2 Å². The Morgan fingerprint density at radius 1 is 1.06 bits per heavy atom. The van der Waals surface area contributed by atoms with Crippen LogP contribution in [0.2, 0.25) is 0 Å². The molecule has 1 aliphatic heterocycles. The Balaban J connectivity index is 1.76. The Hall–Kier alpha value is -0.290. The molecule has 2 rings (SSSR count). The third kappa shape index (κ3) is 4.84. The largest absolute Gasteiger partial charge is 0.390 e. The highest BCUT2D eigenvalue weighted by Gasteiger charge is 2.34. The van der Waals surface area contributed by atoms with E-state index in [-0.39, 0.29) is 6.54 Å². The molecular formula is C12H21F3N2. The van der Waals surface area contributed by atoms with Gasteiger partial charge in [0.25, 0.3) is 0 Å². The average Bonchev–Trinajstić information content (AvgIpc) is 3.08. The van der Waals surface area contributed by atoms with E-state index >= 15 is 0 Å². The number of rotatable bonds is 5. The Bertz CT molecular complexity index is 232. The normalized spacial score (nSPS) is 23.3. The molecule has 1 heterocycles. The quantitative estimate of drug-likeness (QED) is 0.806. The molecule has 0 aromatic rings. The molecule has 0 amide bonds. The predicted octanol–water partition coefficient (Wildman–Crippen LogP) is 2.40. The van der Waals surface area contributed by atoms with Crippen molar-refractivity contribution in [2.24, 2.45) is 5.92 Å². The van der Waals surface area contributed by atoms with Crippen LogP contribution in [0.25, 0.3) is 0 Å². The van der Waals surface area contributed by atoms with E-state index in [0.29, 0.717) is 12.0 Å². The van der Waals surface area contributed by atoms with Crippen LogP contribution in [0.5, 0.6) is 0 Å². The topological polar surface area (TPSA) is 15.3 Å². The first-order valence-electron chi connectivity index (χ1n) is 6.56. The first-order chi connectivity index (χ1) is 8.04. The van der Waals surface area contributed by atoms with Crippen molar-refractivity contribution < 1.29 is 13.2 Å². The molecule has 0 bridgehead atoms. The van der Waals surface area contributed by atoms with Crippen LogP contribution in [0.4, 0.5) is 13.2 Å². The molecule has 1 N–H and O–H groups in total. The van der Waals surface area contributed by atoms with Crippen molar-refractivity contribution in [2.75, 3.05) is 26.2 Å². The molecule has 0 spiro atoms. The summed E-state index contributed by atoms with van der Waals surface area (Å²) >= 11 is 0. The maximum Gasteiger partial charge on any atom is 0.390 e. The summed E-state index contributed by atoms with van der Waals surface area (Å²) in [6.07, 6.45) is -0.286. The van der Waals surface area contributed by atoms with Crippen LogP contribution in [0.3, 0.4) is 0 Å². The summed E-state index contributed by atoms with van der Waals surface area (Å²) in [6.45, 7) is 3.09. The molecule has 0 radical (unpaired) electrons. The third-order valence-electron chi connectivity index (χ3n) is 3.70. The molecule has 1 saturated carbocycles. The minimum Gasteiger partial charge on any atom is -0.317 e. The van der Waals surface area contributed by atoms with Crippen LogP contribution in [-0.2, 0) is 0 Å². The molecule has 0 aromatic carbocycles. The highest BCUT2D eigenvalue weighted by Crippen LogP contribution is 2.30. The molecule has 0 atom stereocenters. The number of piperidine rings is 1. The van der Waals surface area contributed by atoms with Crippen molar-refractivity contribution in [3.8, 4) is 0 Å². The SMILES string of the molecule is FC(F)(F)CCN(CC1CCNCC1)C1CC1. The van der Waals surface area contributed by atoms with Gasteiger partial charge in [-0.3, -0.25) is 4.90 Å². The molecule has 1 aliphatic carbocycles. The number of hydrogen-bond donors (Lipinski definition) is 1. The second-order valence-corrected chi connectivity index (χ2v) is 5.28. The third-order valence-corrected chi connectivity index (χ3v) is 3.70. The summed E-state index contributed by atoms with van der Waals surface area (Å²) in [5.74, 6) is 0.588. The minimum atomic E-state index is -4.01. The number of alkyl halides is 3. The molecule has 1 saturated heterocycles. The van der Waals surface area contributed by atoms with E-state index in [0.717, 1.165) is 45.3 Å². The number of nitrogens with zero attached hydrogens (tertiary/aromatic N) is 1. The highest BCUT2D eigenvalue weighted by molar-refractivity contribution is 4.86. The first kappa shape index (κ1) is 13.1. The summed E-state index contributed by atoms with van der Waals surface area (Å²) in [5.41, 5.74) is 0. The van der Waals surface area contributed by atoms with Gasteiger partial charge in [-0.25, -0.2) is 0 Å². The summed E-state index contributed by atoms with van der Waals surface area (Å²) < 4.78 is 36.7. The highest BCUT2D eigenvalue weighted by atomic mass is 19.4. The van der Waals surface area contributed by atoms with Gasteiger partial charge in [0, 0.05) is 19.1 Å². The van der Waals surface area contributed by atoms with Gasteiger partial charge in [-0.1, -0.05) is 0 Å². The van der Waals surface area contributed by atoms with Gasteiger partial charge in [0.2, 0.25) is 0 Å². The van der Waals surface area contributed by atoms with Gasteiger partial charge in [-0.15, -0.1) is 0 Å². The fraction of sp³-hybridized carbons (Fsp3) is 1.00. The van der Waals surface area contributed by atoms with Gasteiger partial charge in [0.15, 0.2) is 0 Å². The van der Waals surface area contributed by atoms with Gasteiger partial charge in [0.05, 0.1) is 6.42 Å². The molecule has 17 heavy (non-hydrogen) atoms. The lowest BCUT2D eigenvalue weighted by Gasteiger charge is -2.30. The van der Waals surface area contributed by atoms with Crippen LogP contribution in [0, 0.1) is 5.92 Å². The van der Waals surface area contributed by atoms with Crippen LogP contribution >= 0.6 is 0 Å². The zero-order valence-electron chi connectivity index (χ0n) is 10.1. The fourth-order valence-corrected chi connectivity index (χ4v) is 2.53. The maximum atomic E-state index is 12.2. The summed E-state index contributed by atoms with van der Waals surface area (Å²) in [6, 6.07) is 0.437. The smallest absolute Gasteiger partial charge is 0.317 e. The maximum absolute atomic E-state index is 12.2. The van der Waals surface area contributed by atoms with Gasteiger partial charge in [-0.2, -0.15) is 13.2 Å². The summed E-state index contributed by atoms with van der Waals surface area (Å²) in [5, 5.41) is 3.29. The standard InChI is InChI=1S/C12H21F3N2/c13-12(14,15)5-8-17(11-1-2-11)9-10-3-6-16-7-4-10/h10-11,16H,1-9H2. The molecule has 2 aliphatic rings. The number of halogens is 3. The van der Waals surface area contributed by atoms with Gasteiger partial charge < -0.3 is 5.32 Å². The second-order valence-electron chi connectivity index (χ2n) is 5.28. The van der Waals surface area contributed by atoms with E-state index in [4.69, 9.17) is 0 Å². The number of hydrogen-bond acceptors (Lipinski definition) is 2. The molecule has 100 valence electrons. The molecule has 0 aromatic heterocycles. The van der Waals surface area contributed by atoms with Crippen molar-refractivity contribution in [1.82, 2.24) is 10.2 Å². The Kier molecular flexibility index (Phi) is 4.31. The van der Waals surface area contributed by atoms with Crippen molar-refractivity contribution in [1.29, 1.82) is 0 Å². The second kappa shape index (κ2) is 5.57. The molecule has 5 heteroatoms. The average molecular weight is 250 g/mol. The molecule has 0 unspecified atom stereocenters. The van der Waals surface area contributed by atoms with Crippen molar-refractivity contribution in [3.05, 3.63) is 0 Å². The Morgan fingerprint density at radius 3 is 2.24 bits per heavy atom. The fourth-order valence-electron chi connectivity index (χ4n) is 2.53. The van der Waals surface area contributed by atoms with Crippen molar-refractivity contribution in [3.63, 3.8) is 0 Å². The van der Waals surface area contributed by atoms with E-state index in [2.05, 4.69) is 10.2 Å². The number of nitrogens with one attached hydrogen (secondary N) is 1. The minimum absolute atomic E-state index is 0.193. The van der Waals surface area contributed by atoms with E-state index in [1.54, 1.807) is 0 Å². The zero-order valence-corrected chi connectivity index (χ0v) is 10.1. The molecular weight excluding hydrogens is 229 g/mol. The lowest BCUT2D eigenvalue weighted by Crippen LogP contribution is -2.38. The van der Waals surface area contributed by atoms with Crippen LogP contribution in [0.15, 0.2) is 0 Å². The first-order valence-corrected chi connectivity index (χ1v) is 6.56.